The molecule has 0 bridgehead atoms. The summed E-state index contributed by atoms with van der Waals surface area (Å²) in [4.78, 5) is 23.0. The lowest BCUT2D eigenvalue weighted by molar-refractivity contribution is -0.151. The molecule has 4 nitrogen and oxygen atoms in total. The molecule has 0 aromatic carbocycles. The molecule has 1 aliphatic carbocycles. The van der Waals surface area contributed by atoms with Crippen molar-refractivity contribution >= 4 is 11.9 Å². The number of hydrogen-bond donors (Lipinski definition) is 0. The summed E-state index contributed by atoms with van der Waals surface area (Å²) in [5, 5.41) is 0. The predicted octanol–water partition coefficient (Wildman–Crippen LogP) is 3.48. The molecular formula is C16H28O4. The van der Waals surface area contributed by atoms with E-state index in [0.717, 1.165) is 25.7 Å². The first kappa shape index (κ1) is 17.0. The molecule has 4 heteroatoms. The van der Waals surface area contributed by atoms with Crippen molar-refractivity contribution in [2.24, 2.45) is 11.8 Å². The van der Waals surface area contributed by atoms with Crippen molar-refractivity contribution in [3.8, 4) is 0 Å². The van der Waals surface area contributed by atoms with Gasteiger partial charge in [0.25, 0.3) is 0 Å². The van der Waals surface area contributed by atoms with Crippen LogP contribution in [0.1, 0.15) is 65.2 Å². The third kappa shape index (κ3) is 5.14. The van der Waals surface area contributed by atoms with Crippen LogP contribution in [-0.4, -0.2) is 25.2 Å². The van der Waals surface area contributed by atoms with E-state index in [9.17, 15) is 9.59 Å². The summed E-state index contributed by atoms with van der Waals surface area (Å²) in [5.41, 5.74) is 0. The van der Waals surface area contributed by atoms with Crippen LogP contribution >= 0.6 is 0 Å². The zero-order valence-electron chi connectivity index (χ0n) is 13.0. The number of ether oxygens (including phenoxy) is 2. The molecule has 3 atom stereocenters. The average molecular weight is 284 g/mol. The van der Waals surface area contributed by atoms with E-state index in [4.69, 9.17) is 9.47 Å². The van der Waals surface area contributed by atoms with Crippen molar-refractivity contribution in [2.45, 2.75) is 71.3 Å². The molecule has 0 amide bonds. The van der Waals surface area contributed by atoms with E-state index in [1.165, 1.54) is 20.0 Å². The van der Waals surface area contributed by atoms with Crippen molar-refractivity contribution in [3.63, 3.8) is 0 Å². The number of carbonyl (C=O) groups excluding carboxylic acids is 2. The van der Waals surface area contributed by atoms with Crippen LogP contribution in [-0.2, 0) is 19.1 Å². The Hall–Kier alpha value is -1.06. The molecule has 1 rings (SSSR count). The Morgan fingerprint density at radius 1 is 1.10 bits per heavy atom. The zero-order chi connectivity index (χ0) is 15.0. The fraction of sp³-hybridized carbons (Fsp3) is 0.875. The van der Waals surface area contributed by atoms with Gasteiger partial charge in [0.2, 0.25) is 0 Å². The van der Waals surface area contributed by atoms with Crippen LogP contribution in [0.5, 0.6) is 0 Å². The van der Waals surface area contributed by atoms with E-state index in [1.54, 1.807) is 0 Å². The SMILES string of the molecule is CCCCCC1C(CC(=O)OC)CCC1OC(=O)CC. The fourth-order valence-electron chi connectivity index (χ4n) is 3.11. The summed E-state index contributed by atoms with van der Waals surface area (Å²) in [6.07, 6.45) is 7.24. The smallest absolute Gasteiger partial charge is 0.305 e. The van der Waals surface area contributed by atoms with Crippen LogP contribution < -0.4 is 0 Å². The lowest BCUT2D eigenvalue weighted by Crippen LogP contribution is -2.26. The number of carbonyl (C=O) groups is 2. The van der Waals surface area contributed by atoms with Gasteiger partial charge in [0.05, 0.1) is 7.11 Å². The third-order valence-electron chi connectivity index (χ3n) is 4.27. The summed E-state index contributed by atoms with van der Waals surface area (Å²) >= 11 is 0. The van der Waals surface area contributed by atoms with Crippen LogP contribution in [0, 0.1) is 11.8 Å². The first-order valence-electron chi connectivity index (χ1n) is 7.88. The summed E-state index contributed by atoms with van der Waals surface area (Å²) in [7, 11) is 1.43. The van der Waals surface area contributed by atoms with E-state index in [0.29, 0.717) is 24.7 Å². The fourth-order valence-corrected chi connectivity index (χ4v) is 3.11. The van der Waals surface area contributed by atoms with Crippen molar-refractivity contribution in [2.75, 3.05) is 7.11 Å². The number of rotatable bonds is 8. The van der Waals surface area contributed by atoms with Gasteiger partial charge >= 0.3 is 11.9 Å². The lowest BCUT2D eigenvalue weighted by Gasteiger charge is -2.24. The molecule has 0 N–H and O–H groups in total. The van der Waals surface area contributed by atoms with Crippen LogP contribution in [0.15, 0.2) is 0 Å². The third-order valence-corrected chi connectivity index (χ3v) is 4.27. The summed E-state index contributed by atoms with van der Waals surface area (Å²) in [6, 6.07) is 0. The van der Waals surface area contributed by atoms with E-state index in [-0.39, 0.29) is 18.0 Å². The summed E-state index contributed by atoms with van der Waals surface area (Å²) in [5.74, 6) is 0.331. The normalized spacial score (nSPS) is 25.4. The Labute approximate surface area is 122 Å². The van der Waals surface area contributed by atoms with E-state index >= 15 is 0 Å². The summed E-state index contributed by atoms with van der Waals surface area (Å²) < 4.78 is 10.3. The molecule has 0 spiro atoms. The van der Waals surface area contributed by atoms with Crippen molar-refractivity contribution in [3.05, 3.63) is 0 Å². The van der Waals surface area contributed by atoms with Gasteiger partial charge in [-0.3, -0.25) is 9.59 Å². The second-order valence-corrected chi connectivity index (χ2v) is 5.66. The molecule has 0 aromatic heterocycles. The van der Waals surface area contributed by atoms with E-state index < -0.39 is 0 Å². The van der Waals surface area contributed by atoms with Crippen LogP contribution in [0.3, 0.4) is 0 Å². The van der Waals surface area contributed by atoms with Gasteiger partial charge in [0.1, 0.15) is 6.10 Å². The Morgan fingerprint density at radius 2 is 1.85 bits per heavy atom. The monoisotopic (exact) mass is 284 g/mol. The van der Waals surface area contributed by atoms with Crippen LogP contribution in [0.2, 0.25) is 0 Å². The van der Waals surface area contributed by atoms with Gasteiger partial charge in [-0.25, -0.2) is 0 Å². The van der Waals surface area contributed by atoms with E-state index in [1.807, 2.05) is 6.92 Å². The number of hydrogen-bond acceptors (Lipinski definition) is 4. The van der Waals surface area contributed by atoms with Gasteiger partial charge < -0.3 is 9.47 Å². The highest BCUT2D eigenvalue weighted by molar-refractivity contribution is 5.70. The molecule has 3 unspecified atom stereocenters. The van der Waals surface area contributed by atoms with Crippen molar-refractivity contribution < 1.29 is 19.1 Å². The molecule has 0 aromatic rings. The Bertz CT molecular complexity index is 288. The van der Waals surface area contributed by atoms with Gasteiger partial charge in [-0.1, -0.05) is 33.1 Å². The van der Waals surface area contributed by atoms with E-state index in [2.05, 4.69) is 6.92 Å². The molecule has 1 fully saturated rings. The predicted molar refractivity (Wildman–Crippen MR) is 77.2 cm³/mol. The molecule has 0 radical (unpaired) electrons. The minimum atomic E-state index is -0.155. The Kier molecular flexibility index (Phi) is 7.63. The maximum atomic E-state index is 11.5. The maximum absolute atomic E-state index is 11.5. The summed E-state index contributed by atoms with van der Waals surface area (Å²) in [6.45, 7) is 3.99. The van der Waals surface area contributed by atoms with Crippen LogP contribution in [0.4, 0.5) is 0 Å². The first-order chi connectivity index (χ1) is 9.62. The zero-order valence-corrected chi connectivity index (χ0v) is 13.0. The number of esters is 2. The first-order valence-corrected chi connectivity index (χ1v) is 7.88. The van der Waals surface area contributed by atoms with Crippen molar-refractivity contribution in [1.29, 1.82) is 0 Å². The van der Waals surface area contributed by atoms with Gasteiger partial charge in [-0.2, -0.15) is 0 Å². The quantitative estimate of drug-likeness (QED) is 0.506. The largest absolute Gasteiger partial charge is 0.469 e. The van der Waals surface area contributed by atoms with Gasteiger partial charge in [0.15, 0.2) is 0 Å². The minimum absolute atomic E-state index is 0.00559. The molecule has 1 saturated carbocycles. The Morgan fingerprint density at radius 3 is 2.45 bits per heavy atom. The molecular weight excluding hydrogens is 256 g/mol. The number of methoxy groups -OCH3 is 1. The highest BCUT2D eigenvalue weighted by Gasteiger charge is 2.38. The molecule has 1 aliphatic rings. The lowest BCUT2D eigenvalue weighted by atomic mass is 9.87. The minimum Gasteiger partial charge on any atom is -0.469 e. The highest BCUT2D eigenvalue weighted by Crippen LogP contribution is 2.39. The highest BCUT2D eigenvalue weighted by atomic mass is 16.5. The van der Waals surface area contributed by atoms with Crippen molar-refractivity contribution in [1.82, 2.24) is 0 Å². The molecule has 20 heavy (non-hydrogen) atoms. The Balaban J connectivity index is 2.59. The molecule has 116 valence electrons. The number of unbranched alkanes of at least 4 members (excludes halogenated alkanes) is 2. The second-order valence-electron chi connectivity index (χ2n) is 5.66. The molecule has 0 aliphatic heterocycles. The molecule has 0 saturated heterocycles. The van der Waals surface area contributed by atoms with Crippen LogP contribution in [0.25, 0.3) is 0 Å². The van der Waals surface area contributed by atoms with Gasteiger partial charge in [-0.05, 0) is 31.1 Å². The standard InChI is InChI=1S/C16H28O4/c1-4-6-7-8-13-12(11-16(18)19-3)9-10-14(13)20-15(17)5-2/h12-14H,4-11H2,1-3H3. The topological polar surface area (TPSA) is 52.6 Å². The maximum Gasteiger partial charge on any atom is 0.305 e. The van der Waals surface area contributed by atoms with Gasteiger partial charge in [0, 0.05) is 12.8 Å². The second kappa shape index (κ2) is 8.98. The van der Waals surface area contributed by atoms with Gasteiger partial charge in [-0.15, -0.1) is 0 Å². The average Bonchev–Trinajstić information content (AvgIpc) is 2.81. The molecule has 0 heterocycles.